The lowest BCUT2D eigenvalue weighted by molar-refractivity contribution is -0.116. The first-order valence-electron chi connectivity index (χ1n) is 20.6. The molecule has 7 rings (SSSR count). The monoisotopic (exact) mass is 817 g/mol. The second-order valence-corrected chi connectivity index (χ2v) is 14.8. The first-order chi connectivity index (χ1) is 29.8. The van der Waals surface area contributed by atoms with Gasteiger partial charge in [-0.05, 0) is 78.9 Å². The van der Waals surface area contributed by atoms with Gasteiger partial charge in [0.2, 0.25) is 5.91 Å². The van der Waals surface area contributed by atoms with Gasteiger partial charge in [0, 0.05) is 61.5 Å². The lowest BCUT2D eigenvalue weighted by atomic mass is 10.00. The molecule has 6 aromatic rings. The van der Waals surface area contributed by atoms with Crippen molar-refractivity contribution in [3.8, 4) is 33.8 Å². The van der Waals surface area contributed by atoms with Crippen molar-refractivity contribution in [2.75, 3.05) is 43.5 Å². The first kappa shape index (κ1) is 42.2. The highest BCUT2D eigenvalue weighted by atomic mass is 16.6. The number of phenolic OH excluding ortho intramolecular Hbond substituents is 1. The van der Waals surface area contributed by atoms with Crippen molar-refractivity contribution in [1.82, 2.24) is 15.3 Å². The number of nitrogens with zero attached hydrogens (tertiary/aromatic N) is 3. The van der Waals surface area contributed by atoms with E-state index >= 15 is 0 Å². The van der Waals surface area contributed by atoms with Crippen LogP contribution in [-0.4, -0.2) is 72.3 Å². The van der Waals surface area contributed by atoms with E-state index in [0.29, 0.717) is 62.6 Å². The Bertz CT molecular complexity index is 2340. The number of phenols is 1. The molecule has 1 heterocycles. The predicted molar refractivity (Wildman–Crippen MR) is 240 cm³/mol. The van der Waals surface area contributed by atoms with Crippen LogP contribution in [0.3, 0.4) is 0 Å². The van der Waals surface area contributed by atoms with E-state index in [2.05, 4.69) is 15.6 Å². The summed E-state index contributed by atoms with van der Waals surface area (Å²) in [6.07, 6.45) is 0.792. The molecule has 6 aromatic carbocycles. The van der Waals surface area contributed by atoms with Crippen LogP contribution in [0.4, 0.5) is 21.9 Å². The Morgan fingerprint density at radius 2 is 1.34 bits per heavy atom. The van der Waals surface area contributed by atoms with Crippen molar-refractivity contribution < 1.29 is 29.0 Å². The van der Waals surface area contributed by atoms with E-state index in [0.717, 1.165) is 39.2 Å². The number of anilines is 3. The first-order valence-corrected chi connectivity index (χ1v) is 20.6. The van der Waals surface area contributed by atoms with Gasteiger partial charge in [-0.3, -0.25) is 14.6 Å². The van der Waals surface area contributed by atoms with Gasteiger partial charge in [0.1, 0.15) is 6.10 Å². The van der Waals surface area contributed by atoms with Crippen LogP contribution in [0, 0.1) is 0 Å². The average Bonchev–Trinajstić information content (AvgIpc) is 3.30. The second-order valence-electron chi connectivity index (χ2n) is 14.8. The average molecular weight is 818 g/mol. The van der Waals surface area contributed by atoms with Crippen molar-refractivity contribution in [2.45, 2.75) is 38.8 Å². The minimum absolute atomic E-state index is 0.0442. The number of hydrazine groups is 1. The number of methoxy groups -OCH3 is 1. The molecule has 1 fully saturated rings. The predicted octanol–water partition coefficient (Wildman–Crippen LogP) is 9.67. The summed E-state index contributed by atoms with van der Waals surface area (Å²) < 4.78 is 11.5. The molecule has 1 aliphatic heterocycles. The molecule has 0 aromatic heterocycles. The number of aromatic hydroxyl groups is 1. The molecule has 3 N–H and O–H groups in total. The number of piperidine rings is 1. The fraction of sp³-hybridized carbons (Fsp3) is 0.220. The maximum absolute atomic E-state index is 14.5. The molecular formula is C50H51N5O6. The summed E-state index contributed by atoms with van der Waals surface area (Å²) in [5, 5.41) is 14.4. The van der Waals surface area contributed by atoms with Crippen LogP contribution in [0.25, 0.3) is 22.3 Å². The number of carbonyl (C=O) groups excluding carboxylic acids is 3. The topological polar surface area (TPSA) is 124 Å². The Labute approximate surface area is 357 Å². The summed E-state index contributed by atoms with van der Waals surface area (Å²) >= 11 is 0. The van der Waals surface area contributed by atoms with Crippen molar-refractivity contribution in [1.29, 1.82) is 0 Å². The van der Waals surface area contributed by atoms with E-state index < -0.39 is 6.09 Å². The Balaban J connectivity index is 0.952. The molecule has 1 aliphatic rings. The molecule has 61 heavy (non-hydrogen) atoms. The highest BCUT2D eigenvalue weighted by Crippen LogP contribution is 2.40. The van der Waals surface area contributed by atoms with Crippen LogP contribution in [0.2, 0.25) is 0 Å². The van der Waals surface area contributed by atoms with Crippen LogP contribution in [0.15, 0.2) is 152 Å². The Morgan fingerprint density at radius 1 is 0.738 bits per heavy atom. The molecule has 3 amide bonds. The quantitative estimate of drug-likeness (QED) is 0.0876. The van der Waals surface area contributed by atoms with Gasteiger partial charge >= 0.3 is 6.09 Å². The number of hydrogen-bond donors (Lipinski definition) is 3. The number of amides is 3. The van der Waals surface area contributed by atoms with Crippen LogP contribution in [0.1, 0.15) is 42.1 Å². The number of rotatable bonds is 15. The fourth-order valence-corrected chi connectivity index (χ4v) is 7.55. The molecule has 11 nitrogen and oxygen atoms in total. The van der Waals surface area contributed by atoms with Gasteiger partial charge in [0.15, 0.2) is 11.5 Å². The van der Waals surface area contributed by atoms with E-state index in [-0.39, 0.29) is 30.1 Å². The Morgan fingerprint density at radius 3 is 1.95 bits per heavy atom. The van der Waals surface area contributed by atoms with Gasteiger partial charge in [0.25, 0.3) is 5.91 Å². The van der Waals surface area contributed by atoms with E-state index in [1.165, 1.54) is 12.1 Å². The van der Waals surface area contributed by atoms with Crippen LogP contribution >= 0.6 is 0 Å². The van der Waals surface area contributed by atoms with Crippen LogP contribution in [-0.2, 0) is 16.1 Å². The van der Waals surface area contributed by atoms with E-state index in [4.69, 9.17) is 9.47 Å². The number of hydrogen-bond acceptors (Lipinski definition) is 8. The molecule has 11 heteroatoms. The standard InChI is InChI=1S/C50H51N5O6/c1-3-54(51-35-36-25-26-46(56)47(33-36)60-2)49(58)39-19-14-20-40(34-39)52-48(57)29-32-53-30-27-41(28-31-53)61-50(59)55(44-23-12-10-21-42(44)37-15-6-4-7-16-37)45-24-13-11-22-43(45)38-17-8-5-9-18-38/h4-26,33-34,41,51,56H,3,27-32,35H2,1-2H3,(H,52,57). The Kier molecular flexibility index (Phi) is 14.1. The van der Waals surface area contributed by atoms with E-state index in [1.54, 1.807) is 47.4 Å². The van der Waals surface area contributed by atoms with E-state index in [1.807, 2.05) is 116 Å². The summed E-state index contributed by atoms with van der Waals surface area (Å²) in [6.45, 7) is 4.51. The van der Waals surface area contributed by atoms with E-state index in [9.17, 15) is 19.5 Å². The maximum Gasteiger partial charge on any atom is 0.419 e. The number of ether oxygens (including phenoxy) is 2. The fourth-order valence-electron chi connectivity index (χ4n) is 7.55. The lowest BCUT2D eigenvalue weighted by Crippen LogP contribution is -2.42. The zero-order valence-corrected chi connectivity index (χ0v) is 34.5. The smallest absolute Gasteiger partial charge is 0.419 e. The van der Waals surface area contributed by atoms with Gasteiger partial charge in [-0.25, -0.2) is 15.1 Å². The molecule has 0 spiro atoms. The SMILES string of the molecule is CCN(NCc1ccc(O)c(OC)c1)C(=O)c1cccc(NC(=O)CCN2CCC(OC(=O)N(c3ccccc3-c3ccccc3)c3ccccc3-c3ccccc3)CC2)c1. The summed E-state index contributed by atoms with van der Waals surface area (Å²) in [7, 11) is 1.49. The molecule has 0 radical (unpaired) electrons. The summed E-state index contributed by atoms with van der Waals surface area (Å²) in [5.41, 5.74) is 10.2. The second kappa shape index (κ2) is 20.3. The molecule has 0 bridgehead atoms. The number of nitrogens with one attached hydrogen (secondary N) is 2. The van der Waals surface area contributed by atoms with Crippen LogP contribution < -0.4 is 20.4 Å². The molecular weight excluding hydrogens is 767 g/mol. The number of para-hydroxylation sites is 2. The van der Waals surface area contributed by atoms with Crippen molar-refractivity contribution in [2.24, 2.45) is 0 Å². The summed E-state index contributed by atoms with van der Waals surface area (Å²) in [6, 6.07) is 47.8. The third-order valence-electron chi connectivity index (χ3n) is 10.8. The highest BCUT2D eigenvalue weighted by molar-refractivity contribution is 6.04. The molecule has 312 valence electrons. The molecule has 0 atom stereocenters. The van der Waals surface area contributed by atoms with Crippen molar-refractivity contribution in [3.63, 3.8) is 0 Å². The molecule has 0 saturated carbocycles. The zero-order valence-electron chi connectivity index (χ0n) is 34.5. The Hall–Kier alpha value is -6.95. The normalized spacial score (nSPS) is 13.0. The van der Waals surface area contributed by atoms with Gasteiger partial charge in [-0.1, -0.05) is 109 Å². The molecule has 0 unspecified atom stereocenters. The molecule has 1 saturated heterocycles. The van der Waals surface area contributed by atoms with Gasteiger partial charge in [-0.2, -0.15) is 0 Å². The van der Waals surface area contributed by atoms with Crippen molar-refractivity contribution >= 4 is 35.0 Å². The number of likely N-dealkylation sites (tertiary alicyclic amines) is 1. The van der Waals surface area contributed by atoms with Gasteiger partial charge in [0.05, 0.1) is 18.5 Å². The number of benzene rings is 6. The largest absolute Gasteiger partial charge is 0.504 e. The summed E-state index contributed by atoms with van der Waals surface area (Å²) in [5.74, 6) is 0.00225. The third kappa shape index (κ3) is 10.6. The lowest BCUT2D eigenvalue weighted by Gasteiger charge is -2.33. The third-order valence-corrected chi connectivity index (χ3v) is 10.8. The van der Waals surface area contributed by atoms with Gasteiger partial charge in [-0.15, -0.1) is 0 Å². The molecule has 0 aliphatic carbocycles. The highest BCUT2D eigenvalue weighted by Gasteiger charge is 2.30. The minimum atomic E-state index is -0.443. The number of carbonyl (C=O) groups is 3. The van der Waals surface area contributed by atoms with Gasteiger partial charge < -0.3 is 24.8 Å². The maximum atomic E-state index is 14.5. The van der Waals surface area contributed by atoms with Crippen molar-refractivity contribution in [3.05, 3.63) is 163 Å². The summed E-state index contributed by atoms with van der Waals surface area (Å²) in [4.78, 5) is 44.9. The zero-order chi connectivity index (χ0) is 42.6. The van der Waals surface area contributed by atoms with Crippen LogP contribution in [0.5, 0.6) is 11.5 Å². The minimum Gasteiger partial charge on any atom is -0.504 e.